The van der Waals surface area contributed by atoms with E-state index in [4.69, 9.17) is 5.11 Å². The van der Waals surface area contributed by atoms with Gasteiger partial charge in [0.05, 0.1) is 0 Å². The second-order valence-corrected chi connectivity index (χ2v) is 3.90. The van der Waals surface area contributed by atoms with Gasteiger partial charge < -0.3 is 5.11 Å². The largest absolute Gasteiger partial charge is 0.459 e. The van der Waals surface area contributed by atoms with Crippen LogP contribution in [0.15, 0.2) is 30.3 Å². The van der Waals surface area contributed by atoms with Crippen molar-refractivity contribution in [3.63, 3.8) is 0 Å². The molecule has 108 valence electrons. The minimum Gasteiger partial charge on any atom is -0.386 e. The number of halogens is 7. The zero-order valence-electron chi connectivity index (χ0n) is 9.26. The van der Waals surface area contributed by atoms with Crippen LogP contribution in [0.25, 0.3) is 0 Å². The predicted octanol–water partition coefficient (Wildman–Crippen LogP) is 3.42. The van der Waals surface area contributed by atoms with E-state index in [0.29, 0.717) is 0 Å². The van der Waals surface area contributed by atoms with Crippen LogP contribution in [0.2, 0.25) is 0 Å². The molecule has 0 fully saturated rings. The molecule has 0 saturated heterocycles. The van der Waals surface area contributed by atoms with Crippen molar-refractivity contribution >= 4 is 0 Å². The summed E-state index contributed by atoms with van der Waals surface area (Å²) < 4.78 is 87.0. The first-order valence-corrected chi connectivity index (χ1v) is 5.04. The zero-order valence-corrected chi connectivity index (χ0v) is 9.26. The fourth-order valence-corrected chi connectivity index (χ4v) is 1.36. The number of rotatable bonds is 4. The highest BCUT2D eigenvalue weighted by molar-refractivity contribution is 5.16. The molecule has 1 N–H and O–H groups in total. The summed E-state index contributed by atoms with van der Waals surface area (Å²) in [5.41, 5.74) is 0.0210. The third kappa shape index (κ3) is 2.99. The van der Waals surface area contributed by atoms with Gasteiger partial charge in [0.15, 0.2) is 0 Å². The molecule has 0 radical (unpaired) electrons. The second-order valence-electron chi connectivity index (χ2n) is 3.90. The van der Waals surface area contributed by atoms with E-state index in [1.165, 1.54) is 30.3 Å². The average Bonchev–Trinajstić information content (AvgIpc) is 2.28. The summed E-state index contributed by atoms with van der Waals surface area (Å²) in [5, 5.41) is 9.00. The fraction of sp³-hybridized carbons (Fsp3) is 0.455. The highest BCUT2D eigenvalue weighted by Gasteiger charge is 2.75. The van der Waals surface area contributed by atoms with Crippen molar-refractivity contribution in [3.8, 4) is 0 Å². The molecule has 0 aliphatic rings. The van der Waals surface area contributed by atoms with Crippen LogP contribution in [0.1, 0.15) is 5.56 Å². The normalized spacial score (nSPS) is 15.4. The molecular weight excluding hydrogens is 281 g/mol. The van der Waals surface area contributed by atoms with E-state index in [9.17, 15) is 30.7 Å². The van der Waals surface area contributed by atoms with Gasteiger partial charge >= 0.3 is 18.0 Å². The highest BCUT2D eigenvalue weighted by Crippen LogP contribution is 2.48. The molecule has 1 aromatic carbocycles. The quantitative estimate of drug-likeness (QED) is 0.842. The van der Waals surface area contributed by atoms with Crippen LogP contribution in [-0.2, 0) is 6.42 Å². The van der Waals surface area contributed by atoms with Gasteiger partial charge in [-0.3, -0.25) is 0 Å². The van der Waals surface area contributed by atoms with E-state index < -0.39 is 30.5 Å². The van der Waals surface area contributed by atoms with Crippen LogP contribution in [0.4, 0.5) is 30.7 Å². The minimum atomic E-state index is -6.44. The molecule has 0 amide bonds. The Morgan fingerprint density at radius 2 is 1.37 bits per heavy atom. The lowest BCUT2D eigenvalue weighted by molar-refractivity contribution is -0.370. The molecule has 0 spiro atoms. The maximum Gasteiger partial charge on any atom is 0.459 e. The summed E-state index contributed by atoms with van der Waals surface area (Å²) in [7, 11) is 0. The first-order chi connectivity index (χ1) is 8.50. The van der Waals surface area contributed by atoms with Crippen LogP contribution < -0.4 is 0 Å². The van der Waals surface area contributed by atoms with Crippen molar-refractivity contribution in [3.05, 3.63) is 35.9 Å². The summed E-state index contributed by atoms with van der Waals surface area (Å²) in [5.74, 6) is -11.9. The second kappa shape index (κ2) is 4.99. The first kappa shape index (κ1) is 15.7. The molecule has 1 atom stereocenters. The van der Waals surface area contributed by atoms with Crippen LogP contribution in [0.3, 0.4) is 0 Å². The van der Waals surface area contributed by atoms with Crippen molar-refractivity contribution in [2.45, 2.75) is 30.5 Å². The molecule has 0 aliphatic carbocycles. The Bertz CT molecular complexity index is 413. The van der Waals surface area contributed by atoms with Gasteiger partial charge in [-0.1, -0.05) is 30.3 Å². The molecule has 1 rings (SSSR count). The van der Waals surface area contributed by atoms with Gasteiger partial charge in [-0.2, -0.15) is 30.7 Å². The average molecular weight is 290 g/mol. The molecule has 8 heteroatoms. The third-order valence-corrected chi connectivity index (χ3v) is 2.47. The van der Waals surface area contributed by atoms with Crippen molar-refractivity contribution in [2.24, 2.45) is 0 Å². The van der Waals surface area contributed by atoms with Crippen LogP contribution in [-0.4, -0.2) is 29.2 Å². The highest BCUT2D eigenvalue weighted by atomic mass is 19.4. The summed E-state index contributed by atoms with van der Waals surface area (Å²) in [6.45, 7) is 0. The lowest BCUT2D eigenvalue weighted by Gasteiger charge is -2.31. The molecule has 0 aliphatic heterocycles. The van der Waals surface area contributed by atoms with Gasteiger partial charge in [0, 0.05) is 6.42 Å². The van der Waals surface area contributed by atoms with Gasteiger partial charge in [-0.15, -0.1) is 0 Å². The number of aliphatic hydroxyl groups excluding tert-OH is 1. The predicted molar refractivity (Wildman–Crippen MR) is 52.1 cm³/mol. The van der Waals surface area contributed by atoms with E-state index in [1.807, 2.05) is 0 Å². The van der Waals surface area contributed by atoms with Gasteiger partial charge in [0.1, 0.15) is 6.10 Å². The lowest BCUT2D eigenvalue weighted by Crippen LogP contribution is -2.58. The van der Waals surface area contributed by atoms with Gasteiger partial charge in [0.25, 0.3) is 0 Å². The molecule has 1 nitrogen and oxygen atoms in total. The Morgan fingerprint density at radius 1 is 0.895 bits per heavy atom. The van der Waals surface area contributed by atoms with E-state index in [-0.39, 0.29) is 5.56 Å². The van der Waals surface area contributed by atoms with Crippen molar-refractivity contribution in [1.29, 1.82) is 0 Å². The number of hydrogen-bond donors (Lipinski definition) is 1. The molecule has 0 aromatic heterocycles. The van der Waals surface area contributed by atoms with Crippen molar-refractivity contribution < 1.29 is 35.8 Å². The molecule has 1 aromatic rings. The fourth-order valence-electron chi connectivity index (χ4n) is 1.36. The van der Waals surface area contributed by atoms with E-state index in [1.54, 1.807) is 0 Å². The monoisotopic (exact) mass is 290 g/mol. The first-order valence-electron chi connectivity index (χ1n) is 5.04. The smallest absolute Gasteiger partial charge is 0.386 e. The zero-order chi connectivity index (χ0) is 14.9. The summed E-state index contributed by atoms with van der Waals surface area (Å²) in [6, 6.07) is 6.71. The van der Waals surface area contributed by atoms with Gasteiger partial charge in [0.2, 0.25) is 0 Å². The number of aliphatic hydroxyl groups is 1. The number of benzene rings is 1. The number of hydrogen-bond acceptors (Lipinski definition) is 1. The van der Waals surface area contributed by atoms with E-state index in [2.05, 4.69) is 0 Å². The Labute approximate surface area is 103 Å². The molecule has 19 heavy (non-hydrogen) atoms. The SMILES string of the molecule is OC(Cc1ccccc1)C(F)(F)C(F)(F)C(F)(F)F. The maximum absolute atomic E-state index is 13.1. The molecular formula is C11H9F7O. The van der Waals surface area contributed by atoms with Crippen molar-refractivity contribution in [2.75, 3.05) is 0 Å². The van der Waals surface area contributed by atoms with Crippen LogP contribution >= 0.6 is 0 Å². The summed E-state index contributed by atoms with van der Waals surface area (Å²) in [6.07, 6.45) is -10.6. The number of alkyl halides is 7. The maximum atomic E-state index is 13.1. The Balaban J connectivity index is 2.94. The Hall–Kier alpha value is -1.31. The lowest BCUT2D eigenvalue weighted by atomic mass is 9.98. The van der Waals surface area contributed by atoms with Crippen LogP contribution in [0.5, 0.6) is 0 Å². The summed E-state index contributed by atoms with van der Waals surface area (Å²) >= 11 is 0. The van der Waals surface area contributed by atoms with Crippen LogP contribution in [0, 0.1) is 0 Å². The molecule has 1 unspecified atom stereocenters. The minimum absolute atomic E-state index is 0.0210. The Kier molecular flexibility index (Phi) is 4.14. The molecule has 0 heterocycles. The van der Waals surface area contributed by atoms with Gasteiger partial charge in [-0.05, 0) is 5.56 Å². The van der Waals surface area contributed by atoms with Crippen molar-refractivity contribution in [1.82, 2.24) is 0 Å². The summed E-state index contributed by atoms with van der Waals surface area (Å²) in [4.78, 5) is 0. The standard InChI is InChI=1S/C11H9F7O/c12-9(13,10(14,15)11(16,17)18)8(19)6-7-4-2-1-3-5-7/h1-5,8,19H,6H2. The van der Waals surface area contributed by atoms with E-state index >= 15 is 0 Å². The molecule has 0 bridgehead atoms. The van der Waals surface area contributed by atoms with Gasteiger partial charge in [-0.25, -0.2) is 0 Å². The topological polar surface area (TPSA) is 20.2 Å². The Morgan fingerprint density at radius 3 is 1.79 bits per heavy atom. The van der Waals surface area contributed by atoms with E-state index in [0.717, 1.165) is 0 Å². The third-order valence-electron chi connectivity index (χ3n) is 2.47. The molecule has 0 saturated carbocycles.